The summed E-state index contributed by atoms with van der Waals surface area (Å²) in [6.07, 6.45) is 1.38. The van der Waals surface area contributed by atoms with Gasteiger partial charge in [-0.1, -0.05) is 12.1 Å². The van der Waals surface area contributed by atoms with Gasteiger partial charge in [0.1, 0.15) is 22.9 Å². The molecule has 2 aromatic heterocycles. The van der Waals surface area contributed by atoms with E-state index < -0.39 is 6.10 Å². The third-order valence-corrected chi connectivity index (χ3v) is 6.78. The van der Waals surface area contributed by atoms with Crippen LogP contribution in [-0.2, 0) is 11.8 Å². The largest absolute Gasteiger partial charge is 0.494 e. The highest BCUT2D eigenvalue weighted by Gasteiger charge is 2.27. The molecule has 2 heterocycles. The minimum absolute atomic E-state index is 0.178. The number of hydrogen-bond donors (Lipinski definition) is 1. The van der Waals surface area contributed by atoms with Gasteiger partial charge in [0, 0.05) is 20.4 Å². The molecule has 0 bridgehead atoms. The third kappa shape index (κ3) is 5.13. The van der Waals surface area contributed by atoms with E-state index in [1.807, 2.05) is 44.4 Å². The van der Waals surface area contributed by atoms with Gasteiger partial charge in [0.05, 0.1) is 48.8 Å². The van der Waals surface area contributed by atoms with Gasteiger partial charge in [-0.15, -0.1) is 10.2 Å². The molecular formula is C26H26N8O3S. The fraction of sp³-hybridized carbons (Fsp3) is 0.269. The van der Waals surface area contributed by atoms with E-state index in [1.54, 1.807) is 48.8 Å². The highest BCUT2D eigenvalue weighted by Crippen LogP contribution is 2.39. The Morgan fingerprint density at radius 2 is 1.74 bits per heavy atom. The number of hydrogen-bond acceptors (Lipinski definition) is 10. The average molecular weight is 531 g/mol. The Bertz CT molecular complexity index is 1500. The van der Waals surface area contributed by atoms with Gasteiger partial charge in [0.2, 0.25) is 5.95 Å². The maximum atomic E-state index is 9.66. The van der Waals surface area contributed by atoms with Crippen molar-refractivity contribution in [1.29, 1.82) is 10.5 Å². The van der Waals surface area contributed by atoms with Crippen LogP contribution in [-0.4, -0.2) is 51.1 Å². The topological polar surface area (TPSA) is 136 Å². The first kappa shape index (κ1) is 26.5. The van der Waals surface area contributed by atoms with Gasteiger partial charge in [-0.25, -0.2) is 0 Å². The van der Waals surface area contributed by atoms with Gasteiger partial charge in [0.25, 0.3) is 0 Å². The molecule has 0 radical (unpaired) electrons. The Morgan fingerprint density at radius 3 is 2.32 bits per heavy atom. The SMILES string of the molecule is COc1cccc(OC)c1-n1c(NSC(C)C(OC)c2ccc(C#N)cc2C#N)nnc1-c1ccn(C)n1. The predicted molar refractivity (Wildman–Crippen MR) is 143 cm³/mol. The summed E-state index contributed by atoms with van der Waals surface area (Å²) < 4.78 is 23.9. The number of para-hydroxylation sites is 1. The number of aryl methyl sites for hydroxylation is 1. The van der Waals surface area contributed by atoms with E-state index in [0.29, 0.717) is 51.3 Å². The minimum Gasteiger partial charge on any atom is -0.494 e. The van der Waals surface area contributed by atoms with Crippen molar-refractivity contribution in [3.8, 4) is 40.8 Å². The second-order valence-corrected chi connectivity index (χ2v) is 9.36. The molecule has 0 amide bonds. The van der Waals surface area contributed by atoms with Crippen LogP contribution in [0.1, 0.15) is 29.7 Å². The van der Waals surface area contributed by atoms with Crippen LogP contribution < -0.4 is 14.2 Å². The Labute approximate surface area is 224 Å². The molecule has 0 fully saturated rings. The van der Waals surface area contributed by atoms with Crippen LogP contribution in [0.15, 0.2) is 48.7 Å². The molecule has 0 aliphatic heterocycles. The van der Waals surface area contributed by atoms with E-state index >= 15 is 0 Å². The zero-order valence-corrected chi connectivity index (χ0v) is 22.4. The van der Waals surface area contributed by atoms with Gasteiger partial charge in [-0.2, -0.15) is 15.6 Å². The number of benzene rings is 2. The molecule has 38 heavy (non-hydrogen) atoms. The van der Waals surface area contributed by atoms with Crippen molar-refractivity contribution < 1.29 is 14.2 Å². The maximum absolute atomic E-state index is 9.66. The smallest absolute Gasteiger partial charge is 0.239 e. The maximum Gasteiger partial charge on any atom is 0.239 e. The quantitative estimate of drug-likeness (QED) is 0.296. The summed E-state index contributed by atoms with van der Waals surface area (Å²) in [5.74, 6) is 2.04. The number of nitrogens with one attached hydrogen (secondary N) is 1. The van der Waals surface area contributed by atoms with Crippen molar-refractivity contribution in [3.63, 3.8) is 0 Å². The van der Waals surface area contributed by atoms with Crippen LogP contribution in [0.4, 0.5) is 5.95 Å². The summed E-state index contributed by atoms with van der Waals surface area (Å²) in [5.41, 5.74) is 2.73. The molecule has 2 unspecified atom stereocenters. The van der Waals surface area contributed by atoms with Crippen molar-refractivity contribution in [2.24, 2.45) is 7.05 Å². The van der Waals surface area contributed by atoms with Crippen LogP contribution in [0.25, 0.3) is 17.2 Å². The Hall–Kier alpha value is -4.52. The molecule has 2 atom stereocenters. The Balaban J connectivity index is 1.72. The molecule has 0 saturated carbocycles. The van der Waals surface area contributed by atoms with Crippen molar-refractivity contribution in [2.75, 3.05) is 26.1 Å². The number of rotatable bonds is 10. The Kier molecular flexibility index (Phi) is 8.16. The first-order valence-corrected chi connectivity index (χ1v) is 12.4. The summed E-state index contributed by atoms with van der Waals surface area (Å²) in [6, 6.07) is 16.6. The molecule has 0 aliphatic rings. The van der Waals surface area contributed by atoms with Crippen molar-refractivity contribution in [3.05, 3.63) is 65.4 Å². The van der Waals surface area contributed by atoms with E-state index in [-0.39, 0.29) is 5.25 Å². The molecule has 4 rings (SSSR count). The van der Waals surface area contributed by atoms with Crippen LogP contribution >= 0.6 is 11.9 Å². The number of anilines is 1. The van der Waals surface area contributed by atoms with E-state index in [0.717, 1.165) is 0 Å². The second-order valence-electron chi connectivity index (χ2n) is 8.18. The fourth-order valence-electron chi connectivity index (χ4n) is 4.06. The van der Waals surface area contributed by atoms with Gasteiger partial charge >= 0.3 is 0 Å². The van der Waals surface area contributed by atoms with Crippen molar-refractivity contribution >= 4 is 17.9 Å². The molecule has 0 aliphatic carbocycles. The molecule has 1 N–H and O–H groups in total. The number of nitriles is 2. The van der Waals surface area contributed by atoms with Crippen LogP contribution in [0, 0.1) is 22.7 Å². The summed E-state index contributed by atoms with van der Waals surface area (Å²) in [7, 11) is 6.58. The first-order valence-electron chi connectivity index (χ1n) is 11.5. The van der Waals surface area contributed by atoms with E-state index in [2.05, 4.69) is 32.2 Å². The summed E-state index contributed by atoms with van der Waals surface area (Å²) in [6.45, 7) is 1.97. The van der Waals surface area contributed by atoms with Crippen LogP contribution in [0.5, 0.6) is 11.5 Å². The lowest BCUT2D eigenvalue weighted by atomic mass is 9.99. The number of nitrogens with zero attached hydrogens (tertiary/aromatic N) is 7. The Morgan fingerprint density at radius 1 is 1.00 bits per heavy atom. The van der Waals surface area contributed by atoms with Gasteiger partial charge in [0.15, 0.2) is 5.82 Å². The first-order chi connectivity index (χ1) is 18.4. The van der Waals surface area contributed by atoms with E-state index in [1.165, 1.54) is 11.9 Å². The molecular weight excluding hydrogens is 504 g/mol. The van der Waals surface area contributed by atoms with Crippen molar-refractivity contribution in [1.82, 2.24) is 24.5 Å². The number of methoxy groups -OCH3 is 3. The standard InChI is InChI=1S/C26H26N8O3S/c1-16(24(37-5)19-10-9-17(14-27)13-18(19)15-28)38-32-26-30-29-25(20-11-12-33(2)31-20)34(26)23-21(35-3)7-6-8-22(23)36-4/h6-13,16,24H,1-5H3,(H,30,32). The zero-order chi connectivity index (χ0) is 27.2. The lowest BCUT2D eigenvalue weighted by molar-refractivity contribution is 0.104. The summed E-state index contributed by atoms with van der Waals surface area (Å²) in [5, 5.41) is 32.0. The molecule has 2 aromatic carbocycles. The predicted octanol–water partition coefficient (Wildman–Crippen LogP) is 4.26. The van der Waals surface area contributed by atoms with Crippen molar-refractivity contribution in [2.45, 2.75) is 18.3 Å². The zero-order valence-electron chi connectivity index (χ0n) is 21.5. The number of ether oxygens (including phenoxy) is 3. The molecule has 4 aromatic rings. The summed E-state index contributed by atoms with van der Waals surface area (Å²) >= 11 is 1.36. The third-order valence-electron chi connectivity index (χ3n) is 5.86. The highest BCUT2D eigenvalue weighted by atomic mass is 32.2. The summed E-state index contributed by atoms with van der Waals surface area (Å²) in [4.78, 5) is 0. The average Bonchev–Trinajstić information content (AvgIpc) is 3.57. The number of aromatic nitrogens is 5. The van der Waals surface area contributed by atoms with Crippen LogP contribution in [0.3, 0.4) is 0 Å². The molecule has 12 heteroatoms. The molecule has 11 nitrogen and oxygen atoms in total. The minimum atomic E-state index is -0.442. The van der Waals surface area contributed by atoms with Gasteiger partial charge in [-0.3, -0.25) is 14.0 Å². The highest BCUT2D eigenvalue weighted by molar-refractivity contribution is 8.01. The van der Waals surface area contributed by atoms with Gasteiger partial charge in [-0.05, 0) is 54.8 Å². The monoisotopic (exact) mass is 530 g/mol. The molecule has 0 saturated heterocycles. The van der Waals surface area contributed by atoms with Gasteiger partial charge < -0.3 is 14.2 Å². The fourth-order valence-corrected chi connectivity index (χ4v) is 4.87. The normalized spacial score (nSPS) is 12.3. The lowest BCUT2D eigenvalue weighted by Crippen LogP contribution is -2.18. The molecule has 0 spiro atoms. The van der Waals surface area contributed by atoms with E-state index in [9.17, 15) is 10.5 Å². The van der Waals surface area contributed by atoms with Crippen LogP contribution in [0.2, 0.25) is 0 Å². The van der Waals surface area contributed by atoms with E-state index in [4.69, 9.17) is 14.2 Å². The lowest BCUT2D eigenvalue weighted by Gasteiger charge is -2.24. The second kappa shape index (κ2) is 11.7. The molecule has 194 valence electrons.